The van der Waals surface area contributed by atoms with E-state index >= 15 is 0 Å². The van der Waals surface area contributed by atoms with Crippen molar-refractivity contribution in [2.24, 2.45) is 0 Å². The van der Waals surface area contributed by atoms with Gasteiger partial charge in [-0.25, -0.2) is 4.98 Å². The summed E-state index contributed by atoms with van der Waals surface area (Å²) in [4.78, 5) is 4.33. The van der Waals surface area contributed by atoms with Gasteiger partial charge in [-0.05, 0) is 39.0 Å². The van der Waals surface area contributed by atoms with Crippen molar-refractivity contribution in [2.75, 3.05) is 0 Å². The van der Waals surface area contributed by atoms with Crippen LogP contribution in [0.1, 0.15) is 37.0 Å². The van der Waals surface area contributed by atoms with Crippen LogP contribution in [0.2, 0.25) is 0 Å². The molecule has 0 fully saturated rings. The monoisotopic (exact) mass is 298 g/mol. The molecule has 0 N–H and O–H groups in total. The number of aromatic nitrogens is 2. The van der Waals surface area contributed by atoms with Gasteiger partial charge in [0.15, 0.2) is 0 Å². The molecule has 0 bridgehead atoms. The van der Waals surface area contributed by atoms with Crippen LogP contribution < -0.4 is 4.74 Å². The number of ether oxygens (including phenoxy) is 1. The zero-order valence-electron chi connectivity index (χ0n) is 12.1. The van der Waals surface area contributed by atoms with Crippen molar-refractivity contribution in [1.29, 1.82) is 0 Å². The summed E-state index contributed by atoms with van der Waals surface area (Å²) >= 11 is 0. The summed E-state index contributed by atoms with van der Waals surface area (Å²) < 4.78 is 45.2. The predicted molar refractivity (Wildman–Crippen MR) is 73.1 cm³/mol. The molecule has 0 aliphatic heterocycles. The highest BCUT2D eigenvalue weighted by Gasteiger charge is 2.30. The van der Waals surface area contributed by atoms with Crippen molar-refractivity contribution in [3.63, 3.8) is 0 Å². The number of benzene rings is 1. The fourth-order valence-corrected chi connectivity index (χ4v) is 2.06. The molecular weight excluding hydrogens is 281 g/mol. The van der Waals surface area contributed by atoms with Gasteiger partial charge in [0, 0.05) is 12.2 Å². The smallest absolute Gasteiger partial charge is 0.416 e. The zero-order chi connectivity index (χ0) is 15.6. The van der Waals surface area contributed by atoms with Gasteiger partial charge in [0.2, 0.25) is 0 Å². The van der Waals surface area contributed by atoms with Crippen LogP contribution in [0.5, 0.6) is 5.75 Å². The van der Waals surface area contributed by atoms with Crippen LogP contribution in [-0.2, 0) is 12.8 Å². The van der Waals surface area contributed by atoms with Crippen molar-refractivity contribution >= 4 is 0 Å². The Morgan fingerprint density at radius 1 is 1.29 bits per heavy atom. The van der Waals surface area contributed by atoms with Gasteiger partial charge in [-0.15, -0.1) is 0 Å². The topological polar surface area (TPSA) is 27.1 Å². The first-order valence-corrected chi connectivity index (χ1v) is 6.62. The molecule has 3 nitrogen and oxygen atoms in total. The summed E-state index contributed by atoms with van der Waals surface area (Å²) in [5.41, 5.74) is -0.0255. The summed E-state index contributed by atoms with van der Waals surface area (Å²) in [6, 6.07) is 5.12. The van der Waals surface area contributed by atoms with E-state index in [0.717, 1.165) is 18.0 Å². The second-order valence-electron chi connectivity index (χ2n) is 5.09. The first-order valence-electron chi connectivity index (χ1n) is 6.62. The molecule has 1 aromatic carbocycles. The second kappa shape index (κ2) is 5.79. The van der Waals surface area contributed by atoms with Gasteiger partial charge in [0.25, 0.3) is 0 Å². The van der Waals surface area contributed by atoms with E-state index in [9.17, 15) is 13.2 Å². The van der Waals surface area contributed by atoms with Gasteiger partial charge in [0.1, 0.15) is 18.2 Å². The van der Waals surface area contributed by atoms with Crippen LogP contribution >= 0.6 is 0 Å². The van der Waals surface area contributed by atoms with E-state index in [0.29, 0.717) is 5.69 Å². The SMILES string of the molecule is Cc1nc(COc2cccc(C(F)(F)F)c2)cn1C(C)C. The quantitative estimate of drug-likeness (QED) is 0.838. The van der Waals surface area contributed by atoms with Gasteiger partial charge in [-0.2, -0.15) is 13.2 Å². The highest BCUT2D eigenvalue weighted by Crippen LogP contribution is 2.31. The first-order chi connectivity index (χ1) is 9.77. The minimum Gasteiger partial charge on any atom is -0.487 e. The highest BCUT2D eigenvalue weighted by atomic mass is 19.4. The zero-order valence-corrected chi connectivity index (χ0v) is 12.1. The molecule has 6 heteroatoms. The fraction of sp³-hybridized carbons (Fsp3) is 0.400. The average molecular weight is 298 g/mol. The maximum Gasteiger partial charge on any atom is 0.416 e. The van der Waals surface area contributed by atoms with Gasteiger partial charge in [-0.3, -0.25) is 0 Å². The molecule has 21 heavy (non-hydrogen) atoms. The van der Waals surface area contributed by atoms with Gasteiger partial charge < -0.3 is 9.30 Å². The largest absolute Gasteiger partial charge is 0.487 e. The lowest BCUT2D eigenvalue weighted by Gasteiger charge is -2.09. The second-order valence-corrected chi connectivity index (χ2v) is 5.09. The Kier molecular flexibility index (Phi) is 4.25. The summed E-state index contributed by atoms with van der Waals surface area (Å²) in [5, 5.41) is 0. The van der Waals surface area contributed by atoms with E-state index in [1.54, 1.807) is 0 Å². The normalized spacial score (nSPS) is 12.0. The van der Waals surface area contributed by atoms with E-state index < -0.39 is 11.7 Å². The first kappa shape index (κ1) is 15.4. The summed E-state index contributed by atoms with van der Waals surface area (Å²) in [6.45, 7) is 6.09. The maximum atomic E-state index is 12.6. The molecule has 0 spiro atoms. The van der Waals surface area contributed by atoms with E-state index in [2.05, 4.69) is 4.98 Å². The molecule has 114 valence electrons. The molecule has 0 unspecified atom stereocenters. The highest BCUT2D eigenvalue weighted by molar-refractivity contribution is 5.30. The van der Waals surface area contributed by atoms with Crippen molar-refractivity contribution in [2.45, 2.75) is 39.6 Å². The molecule has 0 saturated carbocycles. The van der Waals surface area contributed by atoms with Crippen molar-refractivity contribution < 1.29 is 17.9 Å². The van der Waals surface area contributed by atoms with Crippen LogP contribution in [0, 0.1) is 6.92 Å². The third kappa shape index (κ3) is 3.77. The molecule has 0 atom stereocenters. The molecule has 0 radical (unpaired) electrons. The Morgan fingerprint density at radius 2 is 2.00 bits per heavy atom. The van der Waals surface area contributed by atoms with Crippen LogP contribution in [0.25, 0.3) is 0 Å². The summed E-state index contributed by atoms with van der Waals surface area (Å²) in [5.74, 6) is 1.04. The molecule has 0 aliphatic carbocycles. The number of hydrogen-bond donors (Lipinski definition) is 0. The molecule has 1 heterocycles. The molecule has 0 saturated heterocycles. The molecule has 0 amide bonds. The number of nitrogens with zero attached hydrogens (tertiary/aromatic N) is 2. The number of imidazole rings is 1. The number of hydrogen-bond acceptors (Lipinski definition) is 2. The van der Waals surface area contributed by atoms with E-state index in [-0.39, 0.29) is 18.4 Å². The van der Waals surface area contributed by atoms with Gasteiger partial charge >= 0.3 is 6.18 Å². The Bertz CT molecular complexity index is 618. The van der Waals surface area contributed by atoms with Crippen molar-refractivity contribution in [3.05, 3.63) is 47.5 Å². The molecule has 0 aliphatic rings. The number of alkyl halides is 3. The number of rotatable bonds is 4. The van der Waals surface area contributed by atoms with Crippen LogP contribution in [-0.4, -0.2) is 9.55 Å². The van der Waals surface area contributed by atoms with Crippen molar-refractivity contribution in [3.8, 4) is 5.75 Å². The van der Waals surface area contributed by atoms with Crippen LogP contribution in [0.15, 0.2) is 30.5 Å². The number of halogens is 3. The Balaban J connectivity index is 2.08. The van der Waals surface area contributed by atoms with Crippen molar-refractivity contribution in [1.82, 2.24) is 9.55 Å². The van der Waals surface area contributed by atoms with Crippen LogP contribution in [0.4, 0.5) is 13.2 Å². The molecule has 1 aromatic heterocycles. The van der Waals surface area contributed by atoms with E-state index in [1.807, 2.05) is 31.5 Å². The minimum atomic E-state index is -4.37. The minimum absolute atomic E-state index is 0.141. The predicted octanol–water partition coefficient (Wildman–Crippen LogP) is 4.37. The van der Waals surface area contributed by atoms with E-state index in [1.165, 1.54) is 12.1 Å². The number of aryl methyl sites for hydroxylation is 1. The summed E-state index contributed by atoms with van der Waals surface area (Å²) in [7, 11) is 0. The third-order valence-corrected chi connectivity index (χ3v) is 3.07. The maximum absolute atomic E-state index is 12.6. The lowest BCUT2D eigenvalue weighted by atomic mass is 10.2. The Morgan fingerprint density at radius 3 is 2.57 bits per heavy atom. The molecule has 2 rings (SSSR count). The lowest BCUT2D eigenvalue weighted by Crippen LogP contribution is -2.05. The Hall–Kier alpha value is -1.98. The average Bonchev–Trinajstić information content (AvgIpc) is 2.77. The van der Waals surface area contributed by atoms with Gasteiger partial charge in [-0.1, -0.05) is 6.07 Å². The lowest BCUT2D eigenvalue weighted by molar-refractivity contribution is -0.137. The standard InChI is InChI=1S/C15H17F3N2O/c1-10(2)20-8-13(19-11(20)3)9-21-14-6-4-5-12(7-14)15(16,17)18/h4-8,10H,9H2,1-3H3. The molecular formula is C15H17F3N2O. The van der Waals surface area contributed by atoms with Crippen LogP contribution in [0.3, 0.4) is 0 Å². The third-order valence-electron chi connectivity index (χ3n) is 3.07. The fourth-order valence-electron chi connectivity index (χ4n) is 2.06. The van der Waals surface area contributed by atoms with E-state index in [4.69, 9.17) is 4.74 Å². The summed E-state index contributed by atoms with van der Waals surface area (Å²) in [6.07, 6.45) is -2.51. The van der Waals surface area contributed by atoms with Gasteiger partial charge in [0.05, 0.1) is 11.3 Å². The molecule has 2 aromatic rings. The Labute approximate surface area is 121 Å².